The normalized spacial score (nSPS) is 16.7. The van der Waals surface area contributed by atoms with Crippen molar-refractivity contribution in [2.75, 3.05) is 13.1 Å². The summed E-state index contributed by atoms with van der Waals surface area (Å²) in [5.74, 6) is -0.269. The van der Waals surface area contributed by atoms with Gasteiger partial charge in [-0.2, -0.15) is 4.31 Å². The number of aryl methyl sites for hydroxylation is 3. The van der Waals surface area contributed by atoms with E-state index in [2.05, 4.69) is 11.4 Å². The Morgan fingerprint density at radius 3 is 2.23 bits per heavy atom. The standard InChI is InChI=1S/C24H32N2O3S/c1-17-9-12-22(19(3)15-17)20(4)25-24(27)21-11-10-18(2)23(16-21)30(28,29)26-13-7-5-6-8-14-26/h9-12,15-16,20H,5-8,13-14H2,1-4H3,(H,25,27). The zero-order chi connectivity index (χ0) is 21.9. The third kappa shape index (κ3) is 4.93. The van der Waals surface area contributed by atoms with Gasteiger partial charge in [0.15, 0.2) is 0 Å². The van der Waals surface area contributed by atoms with Crippen molar-refractivity contribution >= 4 is 15.9 Å². The topological polar surface area (TPSA) is 66.5 Å². The minimum atomic E-state index is -3.61. The summed E-state index contributed by atoms with van der Waals surface area (Å²) in [6.45, 7) is 8.88. The number of rotatable bonds is 5. The molecule has 1 amide bonds. The lowest BCUT2D eigenvalue weighted by molar-refractivity contribution is 0.0939. The Bertz CT molecular complexity index is 1020. The second-order valence-corrected chi connectivity index (χ2v) is 10.3. The van der Waals surface area contributed by atoms with E-state index in [9.17, 15) is 13.2 Å². The molecule has 0 saturated carbocycles. The molecule has 30 heavy (non-hydrogen) atoms. The lowest BCUT2D eigenvalue weighted by Crippen LogP contribution is -2.33. The fraction of sp³-hybridized carbons (Fsp3) is 0.458. The Balaban J connectivity index is 1.84. The quantitative estimate of drug-likeness (QED) is 0.753. The van der Waals surface area contributed by atoms with Crippen molar-refractivity contribution in [3.05, 3.63) is 64.2 Å². The highest BCUT2D eigenvalue weighted by molar-refractivity contribution is 7.89. The van der Waals surface area contributed by atoms with Crippen LogP contribution in [0.2, 0.25) is 0 Å². The molecule has 2 aromatic carbocycles. The summed E-state index contributed by atoms with van der Waals surface area (Å²) in [7, 11) is -3.61. The van der Waals surface area contributed by atoms with Crippen LogP contribution >= 0.6 is 0 Å². The molecule has 1 saturated heterocycles. The van der Waals surface area contributed by atoms with E-state index in [4.69, 9.17) is 0 Å². The molecule has 0 aromatic heterocycles. The first kappa shape index (κ1) is 22.5. The van der Waals surface area contributed by atoms with E-state index >= 15 is 0 Å². The van der Waals surface area contributed by atoms with Gasteiger partial charge in [0, 0.05) is 18.7 Å². The number of amides is 1. The summed E-state index contributed by atoms with van der Waals surface area (Å²) in [6, 6.07) is 10.9. The maximum absolute atomic E-state index is 13.3. The summed E-state index contributed by atoms with van der Waals surface area (Å²) in [6.07, 6.45) is 3.88. The van der Waals surface area contributed by atoms with Crippen molar-refractivity contribution in [1.82, 2.24) is 9.62 Å². The molecule has 1 atom stereocenters. The number of hydrogen-bond donors (Lipinski definition) is 1. The zero-order valence-electron chi connectivity index (χ0n) is 18.4. The Kier molecular flexibility index (Phi) is 6.98. The summed E-state index contributed by atoms with van der Waals surface area (Å²) >= 11 is 0. The smallest absolute Gasteiger partial charge is 0.251 e. The molecule has 1 aliphatic rings. The van der Waals surface area contributed by atoms with Crippen LogP contribution < -0.4 is 5.32 Å². The largest absolute Gasteiger partial charge is 0.346 e. The van der Waals surface area contributed by atoms with E-state index in [0.29, 0.717) is 24.2 Å². The minimum absolute atomic E-state index is 0.176. The molecular formula is C24H32N2O3S. The van der Waals surface area contributed by atoms with Gasteiger partial charge in [-0.1, -0.05) is 42.7 Å². The molecule has 162 valence electrons. The van der Waals surface area contributed by atoms with Crippen molar-refractivity contribution in [3.63, 3.8) is 0 Å². The zero-order valence-corrected chi connectivity index (χ0v) is 19.2. The highest BCUT2D eigenvalue weighted by Crippen LogP contribution is 2.25. The van der Waals surface area contributed by atoms with Gasteiger partial charge in [0.25, 0.3) is 5.91 Å². The van der Waals surface area contributed by atoms with Crippen molar-refractivity contribution in [1.29, 1.82) is 0 Å². The third-order valence-electron chi connectivity index (χ3n) is 5.87. The van der Waals surface area contributed by atoms with Gasteiger partial charge in [-0.25, -0.2) is 8.42 Å². The molecule has 0 radical (unpaired) electrons. The second kappa shape index (κ2) is 9.31. The summed E-state index contributed by atoms with van der Waals surface area (Å²) < 4.78 is 28.1. The molecular weight excluding hydrogens is 396 g/mol. The van der Waals surface area contributed by atoms with Crippen LogP contribution in [0.5, 0.6) is 0 Å². The van der Waals surface area contributed by atoms with Gasteiger partial charge < -0.3 is 5.32 Å². The van der Waals surface area contributed by atoms with Gasteiger partial charge in [-0.15, -0.1) is 0 Å². The first-order chi connectivity index (χ1) is 14.2. The van der Waals surface area contributed by atoms with E-state index in [0.717, 1.165) is 36.8 Å². The van der Waals surface area contributed by atoms with Gasteiger partial charge in [-0.3, -0.25) is 4.79 Å². The number of carbonyl (C=O) groups is 1. The lowest BCUT2D eigenvalue weighted by Gasteiger charge is -2.22. The molecule has 1 fully saturated rings. The van der Waals surface area contributed by atoms with Crippen molar-refractivity contribution in [2.24, 2.45) is 0 Å². The maximum Gasteiger partial charge on any atom is 0.251 e. The predicted molar refractivity (Wildman–Crippen MR) is 120 cm³/mol. The number of benzene rings is 2. The van der Waals surface area contributed by atoms with Crippen LogP contribution in [0.3, 0.4) is 0 Å². The summed E-state index contributed by atoms with van der Waals surface area (Å²) in [4.78, 5) is 13.1. The van der Waals surface area contributed by atoms with Gasteiger partial charge in [-0.05, 0) is 69.4 Å². The Morgan fingerprint density at radius 2 is 1.60 bits per heavy atom. The first-order valence-corrected chi connectivity index (χ1v) is 12.1. The fourth-order valence-corrected chi connectivity index (χ4v) is 5.88. The number of carbonyl (C=O) groups excluding carboxylic acids is 1. The summed E-state index contributed by atoms with van der Waals surface area (Å²) in [5, 5.41) is 3.01. The highest BCUT2D eigenvalue weighted by atomic mass is 32.2. The van der Waals surface area contributed by atoms with E-state index in [1.54, 1.807) is 23.4 Å². The van der Waals surface area contributed by atoms with E-state index < -0.39 is 10.0 Å². The predicted octanol–water partition coefficient (Wildman–Crippen LogP) is 4.67. The Labute approximate surface area is 180 Å². The molecule has 1 unspecified atom stereocenters. The fourth-order valence-electron chi connectivity index (χ4n) is 4.11. The molecule has 3 rings (SSSR count). The molecule has 5 nitrogen and oxygen atoms in total. The molecule has 0 aliphatic carbocycles. The molecule has 0 bridgehead atoms. The SMILES string of the molecule is Cc1ccc(C(C)NC(=O)c2ccc(C)c(S(=O)(=O)N3CCCCCC3)c2)c(C)c1. The molecule has 2 aromatic rings. The number of nitrogens with zero attached hydrogens (tertiary/aromatic N) is 1. The van der Waals surface area contributed by atoms with Crippen LogP contribution in [0.1, 0.15) is 71.3 Å². The Hall–Kier alpha value is -2.18. The average molecular weight is 429 g/mol. The van der Waals surface area contributed by atoms with Gasteiger partial charge >= 0.3 is 0 Å². The van der Waals surface area contributed by atoms with Crippen molar-refractivity contribution < 1.29 is 13.2 Å². The second-order valence-electron chi connectivity index (χ2n) is 8.35. The molecule has 1 heterocycles. The highest BCUT2D eigenvalue weighted by Gasteiger charge is 2.27. The van der Waals surface area contributed by atoms with Crippen LogP contribution in [-0.2, 0) is 10.0 Å². The van der Waals surface area contributed by atoms with Crippen LogP contribution in [0.4, 0.5) is 0 Å². The van der Waals surface area contributed by atoms with Crippen molar-refractivity contribution in [3.8, 4) is 0 Å². The van der Waals surface area contributed by atoms with Gasteiger partial charge in [0.2, 0.25) is 10.0 Å². The maximum atomic E-state index is 13.3. The Morgan fingerprint density at radius 1 is 0.933 bits per heavy atom. The first-order valence-electron chi connectivity index (χ1n) is 10.7. The van der Waals surface area contributed by atoms with Crippen LogP contribution in [0, 0.1) is 20.8 Å². The van der Waals surface area contributed by atoms with E-state index in [-0.39, 0.29) is 16.8 Å². The molecule has 6 heteroatoms. The third-order valence-corrected chi connectivity index (χ3v) is 7.91. The van der Waals surface area contributed by atoms with Gasteiger partial charge in [0.1, 0.15) is 0 Å². The van der Waals surface area contributed by atoms with Crippen molar-refractivity contribution in [2.45, 2.75) is 64.3 Å². The minimum Gasteiger partial charge on any atom is -0.346 e. The van der Waals surface area contributed by atoms with Crippen LogP contribution in [0.25, 0.3) is 0 Å². The number of nitrogens with one attached hydrogen (secondary N) is 1. The molecule has 0 spiro atoms. The average Bonchev–Trinajstić information content (AvgIpc) is 2.98. The monoisotopic (exact) mass is 428 g/mol. The van der Waals surface area contributed by atoms with Crippen LogP contribution in [-0.4, -0.2) is 31.7 Å². The molecule has 1 aliphatic heterocycles. The number of sulfonamides is 1. The molecule has 1 N–H and O–H groups in total. The van der Waals surface area contributed by atoms with Gasteiger partial charge in [0.05, 0.1) is 10.9 Å². The van der Waals surface area contributed by atoms with E-state index in [1.807, 2.05) is 32.9 Å². The van der Waals surface area contributed by atoms with Crippen LogP contribution in [0.15, 0.2) is 41.3 Å². The number of hydrogen-bond acceptors (Lipinski definition) is 3. The summed E-state index contributed by atoms with van der Waals surface area (Å²) in [5.41, 5.74) is 4.38. The van der Waals surface area contributed by atoms with E-state index in [1.165, 1.54) is 11.6 Å². The lowest BCUT2D eigenvalue weighted by atomic mass is 10.00.